The van der Waals surface area contributed by atoms with E-state index in [0.29, 0.717) is 27.6 Å². The number of pyridine rings is 1. The van der Waals surface area contributed by atoms with Gasteiger partial charge in [0, 0.05) is 42.7 Å². The Morgan fingerprint density at radius 2 is 1.95 bits per heavy atom. The number of carboxylic acids is 1. The molecule has 0 bridgehead atoms. The van der Waals surface area contributed by atoms with Crippen LogP contribution in [0, 0.1) is 11.3 Å². The first-order chi connectivity index (χ1) is 20.4. The van der Waals surface area contributed by atoms with Crippen molar-refractivity contribution in [3.05, 3.63) is 112 Å². The Morgan fingerprint density at radius 3 is 2.74 bits per heavy atom. The highest BCUT2D eigenvalue weighted by Crippen LogP contribution is 2.42. The Labute approximate surface area is 249 Å². The van der Waals surface area contributed by atoms with E-state index in [-0.39, 0.29) is 32.2 Å². The molecule has 8 nitrogen and oxygen atoms in total. The molecule has 1 aliphatic rings. The highest BCUT2D eigenvalue weighted by atomic mass is 35.5. The minimum atomic E-state index is -1.07. The molecule has 0 amide bonds. The summed E-state index contributed by atoms with van der Waals surface area (Å²) in [6.07, 6.45) is 3.24. The average molecular weight is 584 g/mol. The van der Waals surface area contributed by atoms with Gasteiger partial charge in [-0.05, 0) is 47.2 Å². The van der Waals surface area contributed by atoms with Crippen LogP contribution >= 0.6 is 11.6 Å². The summed E-state index contributed by atoms with van der Waals surface area (Å²) in [5, 5.41) is 31.6. The third-order valence-electron chi connectivity index (χ3n) is 7.11. The smallest absolute Gasteiger partial charge is 0.306 e. The van der Waals surface area contributed by atoms with E-state index < -0.39 is 12.1 Å². The second-order valence-corrected chi connectivity index (χ2v) is 10.5. The Balaban J connectivity index is 1.38. The number of benzene rings is 3. The van der Waals surface area contributed by atoms with E-state index >= 15 is 0 Å². The number of hydrogen-bond acceptors (Lipinski definition) is 7. The van der Waals surface area contributed by atoms with Crippen molar-refractivity contribution in [1.29, 1.82) is 5.26 Å². The van der Waals surface area contributed by atoms with E-state index in [2.05, 4.69) is 46.7 Å². The minimum Gasteiger partial charge on any atom is -0.488 e. The van der Waals surface area contributed by atoms with Gasteiger partial charge in [0.15, 0.2) is 0 Å². The van der Waals surface area contributed by atoms with E-state index in [1.165, 1.54) is 22.9 Å². The van der Waals surface area contributed by atoms with Crippen molar-refractivity contribution in [1.82, 2.24) is 10.3 Å². The number of nitriles is 1. The second kappa shape index (κ2) is 13.5. The van der Waals surface area contributed by atoms with E-state index in [4.69, 9.17) is 26.2 Å². The number of aliphatic carboxylic acids is 1. The molecule has 4 aromatic rings. The zero-order valence-corrected chi connectivity index (χ0v) is 23.6. The number of carbonyl (C=O) groups is 1. The minimum absolute atomic E-state index is 0.0817. The molecule has 5 rings (SSSR count). The summed E-state index contributed by atoms with van der Waals surface area (Å²) >= 11 is 6.72. The topological polar surface area (TPSA) is 125 Å². The van der Waals surface area contributed by atoms with Gasteiger partial charge >= 0.3 is 5.97 Å². The van der Waals surface area contributed by atoms with Crippen LogP contribution in [0.2, 0.25) is 5.02 Å². The molecule has 214 valence electrons. The average Bonchev–Trinajstić information content (AvgIpc) is 3.40. The van der Waals surface area contributed by atoms with Gasteiger partial charge in [-0.15, -0.1) is 0 Å². The Bertz CT molecular complexity index is 1610. The van der Waals surface area contributed by atoms with Gasteiger partial charge in [0.05, 0.1) is 23.1 Å². The zero-order chi connectivity index (χ0) is 29.5. The molecule has 0 fully saturated rings. The van der Waals surface area contributed by atoms with Gasteiger partial charge in [-0.3, -0.25) is 9.78 Å². The van der Waals surface area contributed by atoms with Crippen molar-refractivity contribution in [2.45, 2.75) is 44.6 Å². The molecule has 0 radical (unpaired) electrons. The number of carboxylic acid groups (broad SMARTS) is 1. The fourth-order valence-electron chi connectivity index (χ4n) is 5.15. The maximum absolute atomic E-state index is 10.9. The van der Waals surface area contributed by atoms with Crippen LogP contribution < -0.4 is 14.8 Å². The maximum Gasteiger partial charge on any atom is 0.306 e. The van der Waals surface area contributed by atoms with Crippen LogP contribution in [0.1, 0.15) is 46.8 Å². The lowest BCUT2D eigenvalue weighted by Crippen LogP contribution is -2.28. The fraction of sp³-hybridized carbons (Fsp3) is 0.242. The number of nitrogens with one attached hydrogen (secondary N) is 1. The summed E-state index contributed by atoms with van der Waals surface area (Å²) in [5.41, 5.74) is 6.63. The van der Waals surface area contributed by atoms with Crippen LogP contribution in [0.15, 0.2) is 79.1 Å². The molecule has 3 N–H and O–H groups in total. The first-order valence-electron chi connectivity index (χ1n) is 13.6. The molecular formula is C33H30ClN3O5. The monoisotopic (exact) mass is 583 g/mol. The largest absolute Gasteiger partial charge is 0.488 e. The lowest BCUT2D eigenvalue weighted by Gasteiger charge is -2.20. The van der Waals surface area contributed by atoms with Gasteiger partial charge in [-0.2, -0.15) is 5.26 Å². The number of aromatic nitrogens is 1. The van der Waals surface area contributed by atoms with Crippen molar-refractivity contribution < 1.29 is 24.5 Å². The Morgan fingerprint density at radius 1 is 1.12 bits per heavy atom. The van der Waals surface area contributed by atoms with E-state index in [9.17, 15) is 15.2 Å². The summed E-state index contributed by atoms with van der Waals surface area (Å²) in [7, 11) is 0. The van der Waals surface area contributed by atoms with Crippen LogP contribution in [-0.2, 0) is 24.4 Å². The third-order valence-corrected chi connectivity index (χ3v) is 7.40. The molecule has 2 atom stereocenters. The highest BCUT2D eigenvalue weighted by molar-refractivity contribution is 6.32. The molecule has 1 heterocycles. The van der Waals surface area contributed by atoms with Gasteiger partial charge in [-0.1, -0.05) is 60.1 Å². The SMILES string of the molecule is N#Cc1cncc(COc2cc(OC3CCc4c(-c5ccccc5)cccc43)c(Cl)cc2CNC[C@@H](O)CC(=O)O)c1. The number of rotatable bonds is 12. The number of aliphatic hydroxyl groups is 1. The number of aliphatic hydroxyl groups excluding tert-OH is 1. The van der Waals surface area contributed by atoms with Gasteiger partial charge in [0.25, 0.3) is 0 Å². The number of fused-ring (bicyclic) bond motifs is 1. The van der Waals surface area contributed by atoms with Gasteiger partial charge in [-0.25, -0.2) is 0 Å². The second-order valence-electron chi connectivity index (χ2n) is 10.1. The highest BCUT2D eigenvalue weighted by Gasteiger charge is 2.27. The van der Waals surface area contributed by atoms with Gasteiger partial charge in [0.2, 0.25) is 0 Å². The number of halogens is 1. The lowest BCUT2D eigenvalue weighted by atomic mass is 9.97. The number of hydrogen-bond donors (Lipinski definition) is 3. The van der Waals surface area contributed by atoms with Crippen molar-refractivity contribution in [2.24, 2.45) is 0 Å². The van der Waals surface area contributed by atoms with Crippen molar-refractivity contribution in [2.75, 3.05) is 6.54 Å². The van der Waals surface area contributed by atoms with E-state index in [1.54, 1.807) is 24.4 Å². The Hall–Kier alpha value is -4.42. The Kier molecular flexibility index (Phi) is 9.35. The predicted molar refractivity (Wildman–Crippen MR) is 158 cm³/mol. The van der Waals surface area contributed by atoms with Crippen molar-refractivity contribution in [3.8, 4) is 28.7 Å². The summed E-state index contributed by atoms with van der Waals surface area (Å²) in [6.45, 7) is 0.512. The molecular weight excluding hydrogens is 554 g/mol. The van der Waals surface area contributed by atoms with E-state index in [1.807, 2.05) is 18.2 Å². The molecule has 3 aromatic carbocycles. The predicted octanol–water partition coefficient (Wildman–Crippen LogP) is 5.84. The third kappa shape index (κ3) is 7.07. The first-order valence-corrected chi connectivity index (χ1v) is 14.0. The summed E-state index contributed by atoms with van der Waals surface area (Å²) in [4.78, 5) is 15.0. The van der Waals surface area contributed by atoms with Crippen LogP contribution in [0.25, 0.3) is 11.1 Å². The summed E-state index contributed by atoms with van der Waals surface area (Å²) in [5.74, 6) is -0.0862. The number of nitrogens with zero attached hydrogens (tertiary/aromatic N) is 2. The fourth-order valence-corrected chi connectivity index (χ4v) is 5.39. The molecule has 0 saturated heterocycles. The van der Waals surface area contributed by atoms with Gasteiger partial charge in [0.1, 0.15) is 30.3 Å². The maximum atomic E-state index is 10.9. The molecule has 1 unspecified atom stereocenters. The molecule has 0 aliphatic heterocycles. The molecule has 1 aromatic heterocycles. The van der Waals surface area contributed by atoms with Crippen LogP contribution in [0.3, 0.4) is 0 Å². The summed E-state index contributed by atoms with van der Waals surface area (Å²) in [6, 6.07) is 23.9. The summed E-state index contributed by atoms with van der Waals surface area (Å²) < 4.78 is 12.7. The van der Waals surface area contributed by atoms with Crippen LogP contribution in [0.4, 0.5) is 0 Å². The standard InChI is InChI=1S/C33H30ClN3O5/c34-29-12-24(18-37-19-25(38)13-33(39)40)31(41-20-22-11-21(15-35)16-36-17-22)14-32(29)42-30-10-9-27-26(7-4-8-28(27)30)23-5-2-1-3-6-23/h1-8,11-12,14,16-17,25,30,37-38H,9-10,13,18-20H2,(H,39,40)/t25-,30?/m0/s1. The van der Waals surface area contributed by atoms with Crippen molar-refractivity contribution >= 4 is 17.6 Å². The molecule has 42 heavy (non-hydrogen) atoms. The van der Waals surface area contributed by atoms with Crippen molar-refractivity contribution in [3.63, 3.8) is 0 Å². The quantitative estimate of drug-likeness (QED) is 0.190. The normalized spacial score (nSPS) is 14.5. The lowest BCUT2D eigenvalue weighted by molar-refractivity contribution is -0.139. The zero-order valence-electron chi connectivity index (χ0n) is 22.8. The molecule has 0 spiro atoms. The molecule has 9 heteroatoms. The molecule has 1 aliphatic carbocycles. The van der Waals surface area contributed by atoms with E-state index in [0.717, 1.165) is 24.0 Å². The van der Waals surface area contributed by atoms with Gasteiger partial charge < -0.3 is 25.0 Å². The first kappa shape index (κ1) is 29.1. The number of ether oxygens (including phenoxy) is 2. The molecule has 0 saturated carbocycles. The van der Waals surface area contributed by atoms with Crippen LogP contribution in [-0.4, -0.2) is 33.8 Å². The van der Waals surface area contributed by atoms with Crippen LogP contribution in [0.5, 0.6) is 11.5 Å².